The molecule has 1 atom stereocenters. The van der Waals surface area contributed by atoms with Gasteiger partial charge in [-0.3, -0.25) is 0 Å². The first-order chi connectivity index (χ1) is 3.72. The van der Waals surface area contributed by atoms with Crippen LogP contribution in [0.25, 0.3) is 0 Å². The molecule has 0 radical (unpaired) electrons. The summed E-state index contributed by atoms with van der Waals surface area (Å²) in [5.41, 5.74) is 1.71. The van der Waals surface area contributed by atoms with Gasteiger partial charge in [0.2, 0.25) is 0 Å². The van der Waals surface area contributed by atoms with E-state index >= 15 is 0 Å². The molecule has 0 aromatic rings. The van der Waals surface area contributed by atoms with Crippen LogP contribution in [0, 0.1) is 0 Å². The Labute approximate surface area is 61.7 Å². The van der Waals surface area contributed by atoms with Crippen molar-refractivity contribution in [1.82, 2.24) is 0 Å². The average molecular weight is 232 g/mol. The molecule has 1 aliphatic rings. The van der Waals surface area contributed by atoms with Gasteiger partial charge >= 0.3 is 61.7 Å². The molecule has 0 saturated carbocycles. The summed E-state index contributed by atoms with van der Waals surface area (Å²) in [6.07, 6.45) is 0. The van der Waals surface area contributed by atoms with Crippen LogP contribution in [0.5, 0.6) is 0 Å². The van der Waals surface area contributed by atoms with E-state index in [9.17, 15) is 0 Å². The van der Waals surface area contributed by atoms with E-state index in [1.54, 1.807) is 9.93 Å². The Kier molecular flexibility index (Phi) is 2.29. The Balaban J connectivity index is 2.85. The summed E-state index contributed by atoms with van der Waals surface area (Å²) in [6, 6.07) is 0. The van der Waals surface area contributed by atoms with Gasteiger partial charge in [0.25, 0.3) is 0 Å². The summed E-state index contributed by atoms with van der Waals surface area (Å²) < 4.78 is 2.76. The minimum absolute atomic E-state index is 0.700. The van der Waals surface area contributed by atoms with E-state index in [-0.39, 0.29) is 0 Å². The van der Waals surface area contributed by atoms with Gasteiger partial charge in [-0.15, -0.1) is 0 Å². The number of allylic oxidation sites excluding steroid dienone is 2. The zero-order chi connectivity index (χ0) is 6.15. The maximum absolute atomic E-state index is 2.38. The molecule has 0 nitrogen and oxygen atoms in total. The normalized spacial score (nSPS) is 31.6. The molecule has 44 valence electrons. The zero-order valence-electron chi connectivity index (χ0n) is 5.47. The molecule has 1 unspecified atom stereocenters. The fourth-order valence-corrected chi connectivity index (χ4v) is 10.7. The second kappa shape index (κ2) is 2.63. The van der Waals surface area contributed by atoms with E-state index in [0.717, 1.165) is 17.8 Å². The molecule has 1 rings (SSSR count). The first-order valence-electron chi connectivity index (χ1n) is 2.80. The number of hydrogen-bond donors (Lipinski definition) is 0. The standard InChI is InChI=1S/C6H10As2/c1-4-5(2)7-8-6(4)3/h5H,1-3H3. The molecule has 0 saturated heterocycles. The van der Waals surface area contributed by atoms with Crippen molar-refractivity contribution in [2.75, 3.05) is 0 Å². The van der Waals surface area contributed by atoms with Gasteiger partial charge in [-0.1, -0.05) is 0 Å². The predicted molar refractivity (Wildman–Crippen MR) is 39.3 cm³/mol. The third kappa shape index (κ3) is 1.22. The van der Waals surface area contributed by atoms with Crippen molar-refractivity contribution in [3.8, 4) is 0 Å². The van der Waals surface area contributed by atoms with E-state index in [2.05, 4.69) is 20.8 Å². The van der Waals surface area contributed by atoms with Crippen LogP contribution < -0.4 is 0 Å². The van der Waals surface area contributed by atoms with Gasteiger partial charge in [-0.05, 0) is 0 Å². The first-order valence-corrected chi connectivity index (χ1v) is 10.0. The van der Waals surface area contributed by atoms with Gasteiger partial charge in [-0.2, -0.15) is 0 Å². The summed E-state index contributed by atoms with van der Waals surface area (Å²) in [4.78, 5) is 0. The van der Waals surface area contributed by atoms with Crippen molar-refractivity contribution >= 4 is 26.3 Å². The summed E-state index contributed by atoms with van der Waals surface area (Å²) >= 11 is 1.45. The number of hydrogen-bond acceptors (Lipinski definition) is 0. The van der Waals surface area contributed by atoms with Crippen molar-refractivity contribution in [2.24, 2.45) is 0 Å². The Bertz CT molecular complexity index is 156. The van der Waals surface area contributed by atoms with Crippen LogP contribution >= 0.6 is 0 Å². The van der Waals surface area contributed by atoms with Crippen molar-refractivity contribution in [3.63, 3.8) is 0 Å². The van der Waals surface area contributed by atoms with Crippen molar-refractivity contribution in [2.45, 2.75) is 25.5 Å². The zero-order valence-corrected chi connectivity index (χ0v) is 9.22. The van der Waals surface area contributed by atoms with Gasteiger partial charge in [0.1, 0.15) is 0 Å². The Morgan fingerprint density at radius 1 is 1.38 bits per heavy atom. The van der Waals surface area contributed by atoms with Crippen molar-refractivity contribution in [1.29, 1.82) is 0 Å². The molecule has 0 aliphatic carbocycles. The SMILES string of the molecule is CC1=C(C)C(C)[As]=[As]1. The minimum atomic E-state index is 0.700. The van der Waals surface area contributed by atoms with E-state index in [4.69, 9.17) is 0 Å². The second-order valence-corrected chi connectivity index (χ2v) is 10.8. The first kappa shape index (κ1) is 6.97. The molecule has 0 bridgehead atoms. The quantitative estimate of drug-likeness (QED) is 0.554. The van der Waals surface area contributed by atoms with Gasteiger partial charge in [0.05, 0.1) is 0 Å². The van der Waals surface area contributed by atoms with Crippen LogP contribution in [0.3, 0.4) is 0 Å². The number of rotatable bonds is 0. The summed E-state index contributed by atoms with van der Waals surface area (Å²) in [5.74, 6) is 0. The van der Waals surface area contributed by atoms with Gasteiger partial charge in [0.15, 0.2) is 0 Å². The topological polar surface area (TPSA) is 0 Å². The Morgan fingerprint density at radius 2 is 2.00 bits per heavy atom. The molecule has 1 aliphatic heterocycles. The van der Waals surface area contributed by atoms with Crippen LogP contribution in [0.2, 0.25) is 4.71 Å². The molecule has 0 amide bonds. The van der Waals surface area contributed by atoms with E-state index in [1.807, 2.05) is 0 Å². The third-order valence-corrected chi connectivity index (χ3v) is 13.0. The van der Waals surface area contributed by atoms with Crippen LogP contribution in [-0.2, 0) is 0 Å². The van der Waals surface area contributed by atoms with Crippen LogP contribution in [0.1, 0.15) is 20.8 Å². The third-order valence-electron chi connectivity index (χ3n) is 1.58. The van der Waals surface area contributed by atoms with E-state index < -0.39 is 0 Å². The molecule has 2 heteroatoms. The second-order valence-electron chi connectivity index (χ2n) is 2.16. The summed E-state index contributed by atoms with van der Waals surface area (Å²) in [6.45, 7) is 6.99. The molecule has 0 aromatic heterocycles. The van der Waals surface area contributed by atoms with E-state index in [1.165, 1.54) is 0 Å². The van der Waals surface area contributed by atoms with Crippen LogP contribution in [0.4, 0.5) is 0 Å². The molecular formula is C6H10As2. The fraction of sp³-hybridized carbons (Fsp3) is 0.667. The fourth-order valence-electron chi connectivity index (χ4n) is 0.641. The monoisotopic (exact) mass is 232 g/mol. The average Bonchev–Trinajstić information content (AvgIpc) is 1.98. The van der Waals surface area contributed by atoms with Gasteiger partial charge in [0, 0.05) is 0 Å². The summed E-state index contributed by atoms with van der Waals surface area (Å²) in [7, 11) is 0. The molecular weight excluding hydrogens is 222 g/mol. The van der Waals surface area contributed by atoms with Crippen LogP contribution in [0.15, 0.2) is 9.93 Å². The van der Waals surface area contributed by atoms with Gasteiger partial charge < -0.3 is 0 Å². The maximum atomic E-state index is 2.38. The Hall–Kier alpha value is 0.857. The molecule has 0 fully saturated rings. The van der Waals surface area contributed by atoms with E-state index in [0.29, 0.717) is 13.1 Å². The molecule has 1 heterocycles. The Morgan fingerprint density at radius 3 is 2.12 bits per heavy atom. The molecule has 0 N–H and O–H groups in total. The predicted octanol–water partition coefficient (Wildman–Crippen LogP) is 1.43. The van der Waals surface area contributed by atoms with Crippen molar-refractivity contribution in [3.05, 3.63) is 9.93 Å². The van der Waals surface area contributed by atoms with Gasteiger partial charge in [-0.25, -0.2) is 0 Å². The van der Waals surface area contributed by atoms with Crippen LogP contribution in [-0.4, -0.2) is 26.3 Å². The molecule has 0 aromatic carbocycles. The van der Waals surface area contributed by atoms with Crippen molar-refractivity contribution < 1.29 is 0 Å². The molecule has 8 heavy (non-hydrogen) atoms. The molecule has 0 spiro atoms. The summed E-state index contributed by atoms with van der Waals surface area (Å²) in [5, 5.41) is 0.